The first-order valence-electron chi connectivity index (χ1n) is 8.18. The molecule has 0 spiro atoms. The van der Waals surface area contributed by atoms with Gasteiger partial charge in [-0.15, -0.1) is 0 Å². The maximum absolute atomic E-state index is 4.76. The lowest BCUT2D eigenvalue weighted by molar-refractivity contribution is 0.858. The zero-order valence-electron chi connectivity index (χ0n) is 14.1. The minimum Gasteiger partial charge on any atom is -0.339 e. The smallest absolute Gasteiger partial charge is 0.227 e. The molecule has 4 heteroatoms. The van der Waals surface area contributed by atoms with Gasteiger partial charge in [0.05, 0.1) is 0 Å². The van der Waals surface area contributed by atoms with E-state index in [0.29, 0.717) is 0 Å². The predicted octanol–water partition coefficient (Wildman–Crippen LogP) is 4.27. The molecule has 0 saturated carbocycles. The Morgan fingerprint density at radius 3 is 2.21 bits per heavy atom. The minimum atomic E-state index is 0.728. The number of rotatable bonds is 6. The van der Waals surface area contributed by atoms with Crippen molar-refractivity contribution >= 4 is 17.5 Å². The maximum atomic E-state index is 4.76. The highest BCUT2D eigenvalue weighted by molar-refractivity contribution is 5.60. The molecule has 0 fully saturated rings. The third-order valence-corrected chi connectivity index (χ3v) is 3.89. The number of hydrogen-bond acceptors (Lipinski definition) is 4. The van der Waals surface area contributed by atoms with E-state index in [-0.39, 0.29) is 0 Å². The number of anilines is 3. The molecule has 24 heavy (non-hydrogen) atoms. The van der Waals surface area contributed by atoms with Crippen molar-refractivity contribution in [2.45, 2.75) is 13.5 Å². The summed E-state index contributed by atoms with van der Waals surface area (Å²) >= 11 is 0. The van der Waals surface area contributed by atoms with Gasteiger partial charge >= 0.3 is 0 Å². The Labute approximate surface area is 143 Å². The fourth-order valence-electron chi connectivity index (χ4n) is 2.69. The Morgan fingerprint density at radius 2 is 1.54 bits per heavy atom. The van der Waals surface area contributed by atoms with E-state index in [1.807, 2.05) is 43.6 Å². The van der Waals surface area contributed by atoms with Crippen LogP contribution in [0.15, 0.2) is 72.9 Å². The summed E-state index contributed by atoms with van der Waals surface area (Å²) in [6.07, 6.45) is 1.82. The molecular weight excluding hydrogens is 296 g/mol. The number of aromatic nitrogens is 2. The lowest BCUT2D eigenvalue weighted by Crippen LogP contribution is -2.22. The summed E-state index contributed by atoms with van der Waals surface area (Å²) < 4.78 is 0. The van der Waals surface area contributed by atoms with Gasteiger partial charge in [0.1, 0.15) is 5.82 Å². The highest BCUT2D eigenvalue weighted by atomic mass is 15.3. The maximum Gasteiger partial charge on any atom is 0.227 e. The second-order valence-electron chi connectivity index (χ2n) is 5.64. The SMILES string of the molecule is CCN(c1ccccc1)c1ccnc(N(C)Cc2ccccc2)n1. The summed E-state index contributed by atoms with van der Waals surface area (Å²) in [6, 6.07) is 22.6. The Bertz CT molecular complexity index is 759. The first-order chi connectivity index (χ1) is 11.8. The third-order valence-electron chi connectivity index (χ3n) is 3.89. The standard InChI is InChI=1S/C20H22N4/c1-3-24(18-12-8-5-9-13-18)19-14-15-21-20(22-19)23(2)16-17-10-6-4-7-11-17/h4-15H,3,16H2,1-2H3. The average molecular weight is 318 g/mol. The van der Waals surface area contributed by atoms with Crippen molar-refractivity contribution < 1.29 is 0 Å². The summed E-state index contributed by atoms with van der Waals surface area (Å²) in [7, 11) is 2.02. The summed E-state index contributed by atoms with van der Waals surface area (Å²) in [5, 5.41) is 0. The van der Waals surface area contributed by atoms with E-state index in [1.54, 1.807) is 0 Å². The zero-order chi connectivity index (χ0) is 16.8. The van der Waals surface area contributed by atoms with Gasteiger partial charge in [-0.05, 0) is 30.7 Å². The van der Waals surface area contributed by atoms with Gasteiger partial charge in [0.2, 0.25) is 5.95 Å². The molecule has 0 aliphatic carbocycles. The summed E-state index contributed by atoms with van der Waals surface area (Å²) in [5.41, 5.74) is 2.37. The van der Waals surface area contributed by atoms with Crippen molar-refractivity contribution in [3.63, 3.8) is 0 Å². The Kier molecular flexibility index (Phi) is 5.06. The van der Waals surface area contributed by atoms with Crippen molar-refractivity contribution in [1.29, 1.82) is 0 Å². The topological polar surface area (TPSA) is 32.3 Å². The Balaban J connectivity index is 1.83. The van der Waals surface area contributed by atoms with Crippen molar-refractivity contribution in [3.05, 3.63) is 78.5 Å². The minimum absolute atomic E-state index is 0.728. The van der Waals surface area contributed by atoms with E-state index >= 15 is 0 Å². The highest BCUT2D eigenvalue weighted by Crippen LogP contribution is 2.24. The van der Waals surface area contributed by atoms with Crippen LogP contribution in [0, 0.1) is 0 Å². The normalized spacial score (nSPS) is 10.4. The zero-order valence-corrected chi connectivity index (χ0v) is 14.1. The van der Waals surface area contributed by atoms with Crippen LogP contribution in [0.4, 0.5) is 17.5 Å². The molecule has 0 amide bonds. The van der Waals surface area contributed by atoms with Crippen molar-refractivity contribution in [2.75, 3.05) is 23.4 Å². The van der Waals surface area contributed by atoms with Gasteiger partial charge in [0.15, 0.2) is 0 Å². The first kappa shape index (κ1) is 16.0. The molecule has 0 saturated heterocycles. The quantitative estimate of drug-likeness (QED) is 0.679. The van der Waals surface area contributed by atoms with Crippen LogP contribution in [0.2, 0.25) is 0 Å². The fraction of sp³-hybridized carbons (Fsp3) is 0.200. The van der Waals surface area contributed by atoms with Gasteiger partial charge in [-0.2, -0.15) is 4.98 Å². The van der Waals surface area contributed by atoms with Crippen molar-refractivity contribution in [1.82, 2.24) is 9.97 Å². The van der Waals surface area contributed by atoms with E-state index in [2.05, 4.69) is 58.1 Å². The first-order valence-corrected chi connectivity index (χ1v) is 8.18. The predicted molar refractivity (Wildman–Crippen MR) is 99.7 cm³/mol. The van der Waals surface area contributed by atoms with E-state index in [1.165, 1.54) is 5.56 Å². The van der Waals surface area contributed by atoms with Gasteiger partial charge in [-0.1, -0.05) is 48.5 Å². The van der Waals surface area contributed by atoms with Crippen LogP contribution in [0.5, 0.6) is 0 Å². The highest BCUT2D eigenvalue weighted by Gasteiger charge is 2.11. The van der Waals surface area contributed by atoms with Crippen LogP contribution >= 0.6 is 0 Å². The van der Waals surface area contributed by atoms with Gasteiger partial charge in [-0.3, -0.25) is 0 Å². The molecule has 3 aromatic rings. The van der Waals surface area contributed by atoms with Gasteiger partial charge < -0.3 is 9.80 Å². The van der Waals surface area contributed by atoms with Gasteiger partial charge in [0.25, 0.3) is 0 Å². The van der Waals surface area contributed by atoms with E-state index < -0.39 is 0 Å². The number of nitrogens with zero attached hydrogens (tertiary/aromatic N) is 4. The number of para-hydroxylation sites is 1. The van der Waals surface area contributed by atoms with Crippen molar-refractivity contribution in [3.8, 4) is 0 Å². The van der Waals surface area contributed by atoms with Crippen LogP contribution in [-0.4, -0.2) is 23.6 Å². The van der Waals surface area contributed by atoms with E-state index in [9.17, 15) is 0 Å². The molecule has 1 aromatic heterocycles. The number of hydrogen-bond donors (Lipinski definition) is 0. The molecule has 0 aliphatic rings. The monoisotopic (exact) mass is 318 g/mol. The molecule has 0 radical (unpaired) electrons. The second-order valence-corrected chi connectivity index (χ2v) is 5.64. The largest absolute Gasteiger partial charge is 0.339 e. The summed E-state index contributed by atoms with van der Waals surface area (Å²) in [5.74, 6) is 1.64. The van der Waals surface area contributed by atoms with Crippen LogP contribution < -0.4 is 9.80 Å². The van der Waals surface area contributed by atoms with Crippen LogP contribution in [0.3, 0.4) is 0 Å². The molecule has 122 valence electrons. The Hall–Kier alpha value is -2.88. The molecule has 0 unspecified atom stereocenters. The van der Waals surface area contributed by atoms with Crippen molar-refractivity contribution in [2.24, 2.45) is 0 Å². The summed E-state index contributed by atoms with van der Waals surface area (Å²) in [4.78, 5) is 13.4. The van der Waals surface area contributed by atoms with Gasteiger partial charge in [-0.25, -0.2) is 4.98 Å². The molecule has 0 atom stereocenters. The average Bonchev–Trinajstić information content (AvgIpc) is 2.64. The lowest BCUT2D eigenvalue weighted by Gasteiger charge is -2.24. The fourth-order valence-corrected chi connectivity index (χ4v) is 2.69. The molecule has 1 heterocycles. The Morgan fingerprint density at radius 1 is 0.875 bits per heavy atom. The van der Waals surface area contributed by atoms with Gasteiger partial charge in [0, 0.05) is 32.0 Å². The molecule has 0 N–H and O–H groups in total. The molecule has 0 aliphatic heterocycles. The van der Waals surface area contributed by atoms with E-state index in [4.69, 9.17) is 4.98 Å². The van der Waals surface area contributed by atoms with Crippen LogP contribution in [0.25, 0.3) is 0 Å². The second kappa shape index (κ2) is 7.59. The number of benzene rings is 2. The molecule has 4 nitrogen and oxygen atoms in total. The van der Waals surface area contributed by atoms with Crippen LogP contribution in [-0.2, 0) is 6.54 Å². The van der Waals surface area contributed by atoms with E-state index in [0.717, 1.165) is 30.5 Å². The molecule has 2 aromatic carbocycles. The molecule has 3 rings (SSSR count). The molecule has 0 bridgehead atoms. The third kappa shape index (κ3) is 3.71. The van der Waals surface area contributed by atoms with Crippen LogP contribution in [0.1, 0.15) is 12.5 Å². The lowest BCUT2D eigenvalue weighted by atomic mass is 10.2. The molecular formula is C20H22N4. The summed E-state index contributed by atoms with van der Waals surface area (Å²) in [6.45, 7) is 3.76.